The molecule has 1 aliphatic rings. The van der Waals surface area contributed by atoms with E-state index in [0.717, 1.165) is 30.7 Å². The Morgan fingerprint density at radius 2 is 2.00 bits per heavy atom. The molecule has 1 aromatic carbocycles. The summed E-state index contributed by atoms with van der Waals surface area (Å²) in [6, 6.07) is 8.90. The molecule has 3 atom stereocenters. The van der Waals surface area contributed by atoms with Crippen molar-refractivity contribution in [2.75, 3.05) is 13.2 Å². The summed E-state index contributed by atoms with van der Waals surface area (Å²) in [5.74, 6) is 2.84. The van der Waals surface area contributed by atoms with Crippen LogP contribution in [0, 0.1) is 11.8 Å². The first kappa shape index (κ1) is 16.4. The van der Waals surface area contributed by atoms with Gasteiger partial charge in [-0.25, -0.2) is 0 Å². The lowest BCUT2D eigenvalue weighted by atomic mass is 9.81. The van der Waals surface area contributed by atoms with Crippen LogP contribution in [0.5, 0.6) is 5.75 Å². The van der Waals surface area contributed by atoms with Gasteiger partial charge in [-0.1, -0.05) is 38.3 Å². The normalized spacial score (nSPS) is 23.8. The van der Waals surface area contributed by atoms with Crippen molar-refractivity contribution in [2.45, 2.75) is 58.9 Å². The van der Waals surface area contributed by atoms with Gasteiger partial charge in [0.1, 0.15) is 5.75 Å². The van der Waals surface area contributed by atoms with Crippen LogP contribution in [0.4, 0.5) is 0 Å². The molecule has 0 radical (unpaired) electrons. The Hall–Kier alpha value is -1.02. The van der Waals surface area contributed by atoms with Crippen LogP contribution >= 0.6 is 0 Å². The average Bonchev–Trinajstić information content (AvgIpc) is 2.48. The van der Waals surface area contributed by atoms with Crippen molar-refractivity contribution in [3.8, 4) is 5.75 Å². The summed E-state index contributed by atoms with van der Waals surface area (Å²) in [5, 5.41) is 3.67. The van der Waals surface area contributed by atoms with Gasteiger partial charge >= 0.3 is 0 Å². The Labute approximate surface area is 130 Å². The molecule has 2 heteroatoms. The van der Waals surface area contributed by atoms with E-state index in [1.54, 1.807) is 0 Å². The number of hydrogen-bond acceptors (Lipinski definition) is 2. The lowest BCUT2D eigenvalue weighted by molar-refractivity contribution is 0.265. The topological polar surface area (TPSA) is 21.3 Å². The monoisotopic (exact) mass is 289 g/mol. The van der Waals surface area contributed by atoms with Crippen molar-refractivity contribution < 1.29 is 4.74 Å². The van der Waals surface area contributed by atoms with Crippen LogP contribution in [0.3, 0.4) is 0 Å². The largest absolute Gasteiger partial charge is 0.494 e. The maximum atomic E-state index is 5.49. The first-order chi connectivity index (χ1) is 10.2. The lowest BCUT2D eigenvalue weighted by Crippen LogP contribution is -2.23. The first-order valence-electron chi connectivity index (χ1n) is 8.65. The van der Waals surface area contributed by atoms with Gasteiger partial charge in [0.05, 0.1) is 6.61 Å². The van der Waals surface area contributed by atoms with E-state index in [-0.39, 0.29) is 0 Å². The zero-order chi connectivity index (χ0) is 15.1. The summed E-state index contributed by atoms with van der Waals surface area (Å²) < 4.78 is 5.49. The summed E-state index contributed by atoms with van der Waals surface area (Å²) in [6.07, 6.45) is 7.06. The van der Waals surface area contributed by atoms with Crippen LogP contribution in [-0.4, -0.2) is 13.2 Å². The highest BCUT2D eigenvalue weighted by Gasteiger charge is 2.18. The molecule has 2 nitrogen and oxygen atoms in total. The molecule has 0 amide bonds. The molecule has 1 N–H and O–H groups in total. The van der Waals surface area contributed by atoms with E-state index >= 15 is 0 Å². The molecular formula is C19H31NO. The van der Waals surface area contributed by atoms with Crippen molar-refractivity contribution >= 4 is 0 Å². The van der Waals surface area contributed by atoms with Gasteiger partial charge in [-0.2, -0.15) is 0 Å². The van der Waals surface area contributed by atoms with Crippen LogP contribution in [0.25, 0.3) is 0 Å². The van der Waals surface area contributed by atoms with E-state index in [0.29, 0.717) is 6.04 Å². The fourth-order valence-electron chi connectivity index (χ4n) is 3.46. The van der Waals surface area contributed by atoms with E-state index in [1.807, 2.05) is 6.92 Å². The van der Waals surface area contributed by atoms with Gasteiger partial charge in [0.15, 0.2) is 0 Å². The number of rotatable bonds is 7. The minimum absolute atomic E-state index is 0.418. The zero-order valence-corrected chi connectivity index (χ0v) is 13.9. The van der Waals surface area contributed by atoms with Gasteiger partial charge in [0.25, 0.3) is 0 Å². The van der Waals surface area contributed by atoms with E-state index in [9.17, 15) is 0 Å². The quantitative estimate of drug-likeness (QED) is 0.766. The predicted molar refractivity (Wildman–Crippen MR) is 89.8 cm³/mol. The molecule has 1 aromatic rings. The summed E-state index contributed by atoms with van der Waals surface area (Å²) in [4.78, 5) is 0. The Kier molecular flexibility index (Phi) is 6.56. The second kappa shape index (κ2) is 8.43. The summed E-state index contributed by atoms with van der Waals surface area (Å²) in [6.45, 7) is 8.53. The predicted octanol–water partition coefficient (Wildman–Crippen LogP) is 4.95. The molecule has 1 fully saturated rings. The molecule has 118 valence electrons. The molecule has 1 aliphatic carbocycles. The van der Waals surface area contributed by atoms with Crippen molar-refractivity contribution in [1.82, 2.24) is 5.32 Å². The number of ether oxygens (including phenoxy) is 1. The fraction of sp³-hybridized carbons (Fsp3) is 0.684. The van der Waals surface area contributed by atoms with Crippen molar-refractivity contribution in [2.24, 2.45) is 11.8 Å². The Morgan fingerprint density at radius 3 is 2.67 bits per heavy atom. The van der Waals surface area contributed by atoms with Gasteiger partial charge in [-0.3, -0.25) is 0 Å². The van der Waals surface area contributed by atoms with Gasteiger partial charge < -0.3 is 10.1 Å². The van der Waals surface area contributed by atoms with Gasteiger partial charge in [0, 0.05) is 6.04 Å². The highest BCUT2D eigenvalue weighted by molar-refractivity contribution is 5.28. The third-order valence-electron chi connectivity index (χ3n) is 4.74. The minimum Gasteiger partial charge on any atom is -0.494 e. The van der Waals surface area contributed by atoms with Crippen molar-refractivity contribution in [3.63, 3.8) is 0 Å². The maximum Gasteiger partial charge on any atom is 0.119 e. The first-order valence-corrected chi connectivity index (χ1v) is 8.65. The summed E-state index contributed by atoms with van der Waals surface area (Å²) in [5.41, 5.74) is 1.34. The highest BCUT2D eigenvalue weighted by atomic mass is 16.5. The van der Waals surface area contributed by atoms with Crippen LogP contribution < -0.4 is 10.1 Å². The van der Waals surface area contributed by atoms with Crippen molar-refractivity contribution in [1.29, 1.82) is 0 Å². The number of benzene rings is 1. The van der Waals surface area contributed by atoms with E-state index in [1.165, 1.54) is 37.7 Å². The van der Waals surface area contributed by atoms with Crippen LogP contribution in [0.2, 0.25) is 0 Å². The van der Waals surface area contributed by atoms with Gasteiger partial charge in [-0.05, 0) is 62.8 Å². The SMILES string of the molecule is CCOc1ccc(C(C)NCCC2CCCC(C)C2)cc1. The molecule has 21 heavy (non-hydrogen) atoms. The smallest absolute Gasteiger partial charge is 0.119 e. The lowest BCUT2D eigenvalue weighted by Gasteiger charge is -2.27. The second-order valence-corrected chi connectivity index (χ2v) is 6.60. The van der Waals surface area contributed by atoms with E-state index in [2.05, 4.69) is 43.4 Å². The second-order valence-electron chi connectivity index (χ2n) is 6.60. The van der Waals surface area contributed by atoms with E-state index < -0.39 is 0 Å². The highest BCUT2D eigenvalue weighted by Crippen LogP contribution is 2.30. The van der Waals surface area contributed by atoms with Crippen LogP contribution in [-0.2, 0) is 0 Å². The van der Waals surface area contributed by atoms with Crippen molar-refractivity contribution in [3.05, 3.63) is 29.8 Å². The minimum atomic E-state index is 0.418. The molecular weight excluding hydrogens is 258 g/mol. The van der Waals surface area contributed by atoms with Gasteiger partial charge in [0.2, 0.25) is 0 Å². The number of nitrogens with one attached hydrogen (secondary N) is 1. The standard InChI is InChI=1S/C19H31NO/c1-4-21-19-10-8-18(9-11-19)16(3)20-13-12-17-7-5-6-15(2)14-17/h8-11,15-17,20H,4-7,12-14H2,1-3H3. The Balaban J connectivity index is 1.72. The molecule has 0 aliphatic heterocycles. The molecule has 1 saturated carbocycles. The third kappa shape index (κ3) is 5.35. The number of hydrogen-bond donors (Lipinski definition) is 1. The third-order valence-corrected chi connectivity index (χ3v) is 4.74. The zero-order valence-electron chi connectivity index (χ0n) is 13.9. The van der Waals surface area contributed by atoms with Crippen LogP contribution in [0.15, 0.2) is 24.3 Å². The molecule has 0 heterocycles. The summed E-state index contributed by atoms with van der Waals surface area (Å²) in [7, 11) is 0. The average molecular weight is 289 g/mol. The van der Waals surface area contributed by atoms with Crippen LogP contribution in [0.1, 0.15) is 64.5 Å². The molecule has 3 unspecified atom stereocenters. The maximum absolute atomic E-state index is 5.49. The molecule has 0 saturated heterocycles. The Bertz CT molecular complexity index is 401. The molecule has 0 spiro atoms. The molecule has 0 aromatic heterocycles. The van der Waals surface area contributed by atoms with Gasteiger partial charge in [-0.15, -0.1) is 0 Å². The summed E-state index contributed by atoms with van der Waals surface area (Å²) >= 11 is 0. The Morgan fingerprint density at radius 1 is 1.24 bits per heavy atom. The molecule has 2 rings (SSSR count). The molecule has 0 bridgehead atoms. The van der Waals surface area contributed by atoms with E-state index in [4.69, 9.17) is 4.74 Å². The fourth-order valence-corrected chi connectivity index (χ4v) is 3.46.